The molecule has 2 aromatic rings. The summed E-state index contributed by atoms with van der Waals surface area (Å²) in [6.45, 7) is 4.70. The lowest BCUT2D eigenvalue weighted by atomic mass is 10.1. The van der Waals surface area contributed by atoms with Crippen molar-refractivity contribution in [3.8, 4) is 0 Å². The number of piperazine rings is 1. The van der Waals surface area contributed by atoms with Crippen LogP contribution in [0, 0.1) is 0 Å². The number of pyridine rings is 1. The molecular weight excluding hydrogens is 294 g/mol. The molecule has 1 aromatic carbocycles. The smallest absolute Gasteiger partial charge is 0.253 e. The van der Waals surface area contributed by atoms with Gasteiger partial charge < -0.3 is 4.90 Å². The molecular formula is C17H21N3OS. The Kier molecular flexibility index (Phi) is 4.95. The lowest BCUT2D eigenvalue weighted by Crippen LogP contribution is -2.49. The number of fused-ring (bicyclic) bond motifs is 1. The molecule has 1 aliphatic heterocycles. The number of rotatable bonds is 4. The van der Waals surface area contributed by atoms with E-state index < -0.39 is 0 Å². The van der Waals surface area contributed by atoms with Crippen molar-refractivity contribution in [2.24, 2.45) is 0 Å². The summed E-state index contributed by atoms with van der Waals surface area (Å²) in [4.78, 5) is 21.3. The Hall–Kier alpha value is -1.59. The van der Waals surface area contributed by atoms with Crippen LogP contribution in [0.2, 0.25) is 0 Å². The molecule has 1 aromatic heterocycles. The van der Waals surface area contributed by atoms with Gasteiger partial charge in [0.25, 0.3) is 5.91 Å². The zero-order valence-corrected chi connectivity index (χ0v) is 13.7. The molecule has 0 saturated carbocycles. The van der Waals surface area contributed by atoms with Crippen LogP contribution in [0.5, 0.6) is 0 Å². The summed E-state index contributed by atoms with van der Waals surface area (Å²) in [5.74, 6) is 1.29. The molecule has 0 unspecified atom stereocenters. The fourth-order valence-electron chi connectivity index (χ4n) is 2.79. The van der Waals surface area contributed by atoms with Crippen LogP contribution in [0.15, 0.2) is 36.5 Å². The van der Waals surface area contributed by atoms with E-state index in [2.05, 4.69) is 16.1 Å². The minimum absolute atomic E-state index is 0.135. The standard InChI is InChI=1S/C17H21N3OS/c1-22-12-11-19-7-9-20(10-8-19)17(21)15-4-5-16-14(13-15)3-2-6-18-16/h2-6,13H,7-12H2,1H3. The van der Waals surface area contributed by atoms with Crippen LogP contribution in [0.3, 0.4) is 0 Å². The first-order valence-electron chi connectivity index (χ1n) is 7.63. The van der Waals surface area contributed by atoms with Crippen molar-refractivity contribution in [1.29, 1.82) is 0 Å². The molecule has 3 rings (SSSR count). The summed E-state index contributed by atoms with van der Waals surface area (Å²) in [6, 6.07) is 9.67. The fraction of sp³-hybridized carbons (Fsp3) is 0.412. The van der Waals surface area contributed by atoms with Gasteiger partial charge in [-0.3, -0.25) is 14.7 Å². The zero-order chi connectivity index (χ0) is 15.4. The Morgan fingerprint density at radius 2 is 2.05 bits per heavy atom. The number of hydrogen-bond donors (Lipinski definition) is 0. The summed E-state index contributed by atoms with van der Waals surface area (Å²) < 4.78 is 0. The van der Waals surface area contributed by atoms with Crippen LogP contribution in [-0.2, 0) is 0 Å². The van der Waals surface area contributed by atoms with Crippen LogP contribution in [0.4, 0.5) is 0 Å². The van der Waals surface area contributed by atoms with Gasteiger partial charge in [-0.25, -0.2) is 0 Å². The van der Waals surface area contributed by atoms with Crippen molar-refractivity contribution in [3.63, 3.8) is 0 Å². The third-order valence-corrected chi connectivity index (χ3v) is 4.71. The first-order chi connectivity index (χ1) is 10.8. The van der Waals surface area contributed by atoms with Crippen LogP contribution in [0.25, 0.3) is 10.9 Å². The lowest BCUT2D eigenvalue weighted by Gasteiger charge is -2.34. The minimum Gasteiger partial charge on any atom is -0.336 e. The minimum atomic E-state index is 0.135. The SMILES string of the molecule is CSCCN1CCN(C(=O)c2ccc3ncccc3c2)CC1. The summed E-state index contributed by atoms with van der Waals surface area (Å²) in [6.07, 6.45) is 3.91. The van der Waals surface area contributed by atoms with E-state index in [0.717, 1.165) is 54.9 Å². The average molecular weight is 315 g/mol. The molecule has 1 saturated heterocycles. The van der Waals surface area contributed by atoms with E-state index in [4.69, 9.17) is 0 Å². The summed E-state index contributed by atoms with van der Waals surface area (Å²) in [7, 11) is 0. The summed E-state index contributed by atoms with van der Waals surface area (Å²) in [5, 5.41) is 1.02. The second-order valence-electron chi connectivity index (χ2n) is 5.54. The Morgan fingerprint density at radius 3 is 2.82 bits per heavy atom. The number of benzene rings is 1. The highest BCUT2D eigenvalue weighted by molar-refractivity contribution is 7.98. The molecule has 22 heavy (non-hydrogen) atoms. The van der Waals surface area contributed by atoms with Crippen molar-refractivity contribution in [1.82, 2.24) is 14.8 Å². The second-order valence-corrected chi connectivity index (χ2v) is 6.52. The van der Waals surface area contributed by atoms with Crippen molar-refractivity contribution < 1.29 is 4.79 Å². The average Bonchev–Trinajstić information content (AvgIpc) is 2.59. The van der Waals surface area contributed by atoms with E-state index >= 15 is 0 Å². The summed E-state index contributed by atoms with van der Waals surface area (Å²) in [5.41, 5.74) is 1.69. The monoisotopic (exact) mass is 315 g/mol. The molecule has 1 amide bonds. The molecule has 0 atom stereocenters. The van der Waals surface area contributed by atoms with E-state index in [1.54, 1.807) is 6.20 Å². The number of thioether (sulfide) groups is 1. The molecule has 0 aliphatic carbocycles. The predicted octanol–water partition coefficient (Wildman–Crippen LogP) is 2.36. The largest absolute Gasteiger partial charge is 0.336 e. The van der Waals surface area contributed by atoms with Gasteiger partial charge in [-0.1, -0.05) is 6.07 Å². The van der Waals surface area contributed by atoms with E-state index in [-0.39, 0.29) is 5.91 Å². The normalized spacial score (nSPS) is 16.1. The van der Waals surface area contributed by atoms with Crippen LogP contribution in [0.1, 0.15) is 10.4 Å². The molecule has 0 N–H and O–H groups in total. The van der Waals surface area contributed by atoms with Gasteiger partial charge in [-0.2, -0.15) is 11.8 Å². The number of carbonyl (C=O) groups is 1. The fourth-order valence-corrected chi connectivity index (χ4v) is 3.23. The Bertz CT molecular complexity index is 653. The predicted molar refractivity (Wildman–Crippen MR) is 92.5 cm³/mol. The number of carbonyl (C=O) groups excluding carboxylic acids is 1. The van der Waals surface area contributed by atoms with Gasteiger partial charge in [-0.05, 0) is 30.5 Å². The second kappa shape index (κ2) is 7.11. The van der Waals surface area contributed by atoms with Gasteiger partial charge in [0.2, 0.25) is 0 Å². The first kappa shape index (κ1) is 15.3. The van der Waals surface area contributed by atoms with Crippen molar-refractivity contribution in [2.75, 3.05) is 44.7 Å². The molecule has 1 aliphatic rings. The van der Waals surface area contributed by atoms with Gasteiger partial charge in [-0.15, -0.1) is 0 Å². The topological polar surface area (TPSA) is 36.4 Å². The Labute approximate surface area is 135 Å². The molecule has 0 radical (unpaired) electrons. The van der Waals surface area contributed by atoms with E-state index in [1.807, 2.05) is 47.0 Å². The highest BCUT2D eigenvalue weighted by atomic mass is 32.2. The van der Waals surface area contributed by atoms with Crippen molar-refractivity contribution in [2.45, 2.75) is 0 Å². The van der Waals surface area contributed by atoms with E-state index in [9.17, 15) is 4.79 Å². The Morgan fingerprint density at radius 1 is 1.23 bits per heavy atom. The highest BCUT2D eigenvalue weighted by Gasteiger charge is 2.21. The van der Waals surface area contributed by atoms with Gasteiger partial charge in [0.05, 0.1) is 5.52 Å². The molecule has 0 bridgehead atoms. The van der Waals surface area contributed by atoms with Crippen LogP contribution < -0.4 is 0 Å². The number of amides is 1. The molecule has 1 fully saturated rings. The third kappa shape index (κ3) is 3.42. The van der Waals surface area contributed by atoms with Crippen LogP contribution >= 0.6 is 11.8 Å². The van der Waals surface area contributed by atoms with E-state index in [1.165, 1.54) is 0 Å². The van der Waals surface area contributed by atoms with Gasteiger partial charge >= 0.3 is 0 Å². The molecule has 4 nitrogen and oxygen atoms in total. The number of hydrogen-bond acceptors (Lipinski definition) is 4. The van der Waals surface area contributed by atoms with Gasteiger partial charge in [0.1, 0.15) is 0 Å². The van der Waals surface area contributed by atoms with Crippen molar-refractivity contribution >= 4 is 28.6 Å². The zero-order valence-electron chi connectivity index (χ0n) is 12.9. The molecule has 2 heterocycles. The third-order valence-electron chi connectivity index (χ3n) is 4.12. The quantitative estimate of drug-likeness (QED) is 0.868. The maximum absolute atomic E-state index is 12.6. The molecule has 5 heteroatoms. The highest BCUT2D eigenvalue weighted by Crippen LogP contribution is 2.16. The van der Waals surface area contributed by atoms with Gasteiger partial charge in [0.15, 0.2) is 0 Å². The van der Waals surface area contributed by atoms with Gasteiger partial charge in [0, 0.05) is 55.6 Å². The number of aromatic nitrogens is 1. The maximum Gasteiger partial charge on any atom is 0.253 e. The first-order valence-corrected chi connectivity index (χ1v) is 9.02. The maximum atomic E-state index is 12.6. The molecule has 0 spiro atoms. The van der Waals surface area contributed by atoms with Crippen LogP contribution in [-0.4, -0.2) is 65.4 Å². The molecule has 116 valence electrons. The summed E-state index contributed by atoms with van der Waals surface area (Å²) >= 11 is 1.87. The van der Waals surface area contributed by atoms with E-state index in [0.29, 0.717) is 0 Å². The Balaban J connectivity index is 1.66. The lowest BCUT2D eigenvalue weighted by molar-refractivity contribution is 0.0645. The number of nitrogens with zero attached hydrogens (tertiary/aromatic N) is 3. The van der Waals surface area contributed by atoms with Crippen molar-refractivity contribution in [3.05, 3.63) is 42.1 Å².